The maximum Gasteiger partial charge on any atom is 0.225 e. The Morgan fingerprint density at radius 2 is 1.76 bits per heavy atom. The highest BCUT2D eigenvalue weighted by molar-refractivity contribution is 7.98. The summed E-state index contributed by atoms with van der Waals surface area (Å²) >= 11 is 1.46. The molecule has 0 saturated carbocycles. The van der Waals surface area contributed by atoms with Gasteiger partial charge in [0.05, 0.1) is 5.75 Å². The van der Waals surface area contributed by atoms with Gasteiger partial charge in [-0.25, -0.2) is 0 Å². The summed E-state index contributed by atoms with van der Waals surface area (Å²) in [5.74, 6) is 2.15. The number of nitrogens with zero attached hydrogens (tertiary/aromatic N) is 6. The molecule has 0 bridgehead atoms. The number of thioether (sulfide) groups is 1. The van der Waals surface area contributed by atoms with E-state index in [4.69, 9.17) is 11.5 Å². The standard InChI is InChI=1S/C8H12N8S/c1-4-14-15-8(16(4)2)17-3-5-11-6(9)13-7(10)12-5/h3H2,1-2H3,(H4,9,10,11,12,13). The van der Waals surface area contributed by atoms with Crippen LogP contribution >= 0.6 is 11.8 Å². The zero-order valence-corrected chi connectivity index (χ0v) is 10.3. The first-order valence-corrected chi connectivity index (χ1v) is 5.79. The Hall–Kier alpha value is -1.90. The molecular formula is C8H12N8S. The predicted octanol–water partition coefficient (Wildman–Crippen LogP) is -0.235. The van der Waals surface area contributed by atoms with Crippen LogP contribution in [-0.4, -0.2) is 29.7 Å². The van der Waals surface area contributed by atoms with Crippen LogP contribution in [0.15, 0.2) is 5.16 Å². The topological polar surface area (TPSA) is 121 Å². The minimum absolute atomic E-state index is 0.127. The average Bonchev–Trinajstić information content (AvgIpc) is 2.56. The van der Waals surface area contributed by atoms with E-state index in [0.717, 1.165) is 11.0 Å². The molecule has 2 rings (SSSR count). The van der Waals surface area contributed by atoms with Crippen LogP contribution < -0.4 is 11.5 Å². The van der Waals surface area contributed by atoms with E-state index in [1.807, 2.05) is 18.5 Å². The van der Waals surface area contributed by atoms with Crippen molar-refractivity contribution >= 4 is 23.7 Å². The molecule has 0 atom stereocenters. The Bertz CT molecular complexity index is 516. The van der Waals surface area contributed by atoms with Crippen molar-refractivity contribution in [1.29, 1.82) is 0 Å². The molecule has 2 aromatic heterocycles. The fraction of sp³-hybridized carbons (Fsp3) is 0.375. The zero-order chi connectivity index (χ0) is 12.4. The smallest absolute Gasteiger partial charge is 0.225 e. The summed E-state index contributed by atoms with van der Waals surface area (Å²) in [7, 11) is 1.90. The fourth-order valence-electron chi connectivity index (χ4n) is 1.16. The third-order valence-corrected chi connectivity index (χ3v) is 3.12. The van der Waals surface area contributed by atoms with Gasteiger partial charge in [-0.1, -0.05) is 11.8 Å². The van der Waals surface area contributed by atoms with Gasteiger partial charge in [0.15, 0.2) is 5.16 Å². The van der Waals surface area contributed by atoms with E-state index in [2.05, 4.69) is 25.1 Å². The van der Waals surface area contributed by atoms with E-state index in [1.165, 1.54) is 11.8 Å². The molecular weight excluding hydrogens is 240 g/mol. The molecule has 0 radical (unpaired) electrons. The van der Waals surface area contributed by atoms with Gasteiger partial charge in [0, 0.05) is 7.05 Å². The third-order valence-electron chi connectivity index (χ3n) is 2.10. The van der Waals surface area contributed by atoms with Gasteiger partial charge in [-0.3, -0.25) is 0 Å². The minimum Gasteiger partial charge on any atom is -0.368 e. The van der Waals surface area contributed by atoms with Crippen LogP contribution in [0.25, 0.3) is 0 Å². The van der Waals surface area contributed by atoms with Crippen molar-refractivity contribution < 1.29 is 0 Å². The van der Waals surface area contributed by atoms with E-state index >= 15 is 0 Å². The largest absolute Gasteiger partial charge is 0.368 e. The van der Waals surface area contributed by atoms with E-state index in [1.54, 1.807) is 0 Å². The first-order chi connectivity index (χ1) is 8.06. The van der Waals surface area contributed by atoms with Crippen molar-refractivity contribution in [3.63, 3.8) is 0 Å². The zero-order valence-electron chi connectivity index (χ0n) is 9.45. The fourth-order valence-corrected chi connectivity index (χ4v) is 1.98. The molecule has 0 aliphatic heterocycles. The van der Waals surface area contributed by atoms with Crippen LogP contribution in [0.2, 0.25) is 0 Å². The Morgan fingerprint density at radius 3 is 2.29 bits per heavy atom. The second-order valence-electron chi connectivity index (χ2n) is 3.35. The van der Waals surface area contributed by atoms with Crippen molar-refractivity contribution in [2.75, 3.05) is 11.5 Å². The molecule has 4 N–H and O–H groups in total. The molecule has 0 amide bonds. The summed E-state index contributed by atoms with van der Waals surface area (Å²) in [4.78, 5) is 11.7. The molecule has 9 heteroatoms. The van der Waals surface area contributed by atoms with Gasteiger partial charge in [-0.2, -0.15) is 15.0 Å². The predicted molar refractivity (Wildman–Crippen MR) is 64.0 cm³/mol. The molecule has 0 aliphatic rings. The lowest BCUT2D eigenvalue weighted by Crippen LogP contribution is -2.06. The van der Waals surface area contributed by atoms with Crippen LogP contribution in [0.5, 0.6) is 0 Å². The maximum atomic E-state index is 5.48. The molecule has 0 aliphatic carbocycles. The normalized spacial score (nSPS) is 10.7. The lowest BCUT2D eigenvalue weighted by Gasteiger charge is -2.02. The second-order valence-corrected chi connectivity index (χ2v) is 4.29. The van der Waals surface area contributed by atoms with E-state index in [-0.39, 0.29) is 11.9 Å². The minimum atomic E-state index is 0.127. The van der Waals surface area contributed by atoms with Gasteiger partial charge in [0.25, 0.3) is 0 Å². The highest BCUT2D eigenvalue weighted by Gasteiger charge is 2.08. The maximum absolute atomic E-state index is 5.48. The number of aryl methyl sites for hydroxylation is 1. The molecule has 2 aromatic rings. The Balaban J connectivity index is 2.09. The Morgan fingerprint density at radius 1 is 1.12 bits per heavy atom. The molecule has 0 spiro atoms. The van der Waals surface area contributed by atoms with E-state index in [9.17, 15) is 0 Å². The van der Waals surface area contributed by atoms with Crippen LogP contribution in [0.1, 0.15) is 11.6 Å². The average molecular weight is 252 g/mol. The summed E-state index contributed by atoms with van der Waals surface area (Å²) in [5.41, 5.74) is 11.0. The number of nitrogens with two attached hydrogens (primary N) is 2. The van der Waals surface area contributed by atoms with Gasteiger partial charge in [0.1, 0.15) is 11.6 Å². The van der Waals surface area contributed by atoms with Crippen molar-refractivity contribution in [3.8, 4) is 0 Å². The lowest BCUT2D eigenvalue weighted by molar-refractivity contribution is 0.765. The number of aromatic nitrogens is 6. The summed E-state index contributed by atoms with van der Waals surface area (Å²) in [6, 6.07) is 0. The van der Waals surface area contributed by atoms with Gasteiger partial charge >= 0.3 is 0 Å². The van der Waals surface area contributed by atoms with Crippen LogP contribution in [-0.2, 0) is 12.8 Å². The molecule has 0 aromatic carbocycles. The Labute approximate surface area is 102 Å². The number of hydrogen-bond acceptors (Lipinski definition) is 8. The quantitative estimate of drug-likeness (QED) is 0.718. The van der Waals surface area contributed by atoms with Crippen LogP contribution in [0.4, 0.5) is 11.9 Å². The first-order valence-electron chi connectivity index (χ1n) is 4.81. The highest BCUT2D eigenvalue weighted by atomic mass is 32.2. The molecule has 8 nitrogen and oxygen atoms in total. The van der Waals surface area contributed by atoms with Gasteiger partial charge in [0.2, 0.25) is 11.9 Å². The monoisotopic (exact) mass is 252 g/mol. The molecule has 2 heterocycles. The molecule has 0 saturated heterocycles. The number of rotatable bonds is 3. The van der Waals surface area contributed by atoms with Gasteiger partial charge in [-0.05, 0) is 6.92 Å². The third kappa shape index (κ3) is 2.61. The van der Waals surface area contributed by atoms with Crippen molar-refractivity contribution in [1.82, 2.24) is 29.7 Å². The van der Waals surface area contributed by atoms with E-state index in [0.29, 0.717) is 11.6 Å². The van der Waals surface area contributed by atoms with Crippen LogP contribution in [0, 0.1) is 6.92 Å². The van der Waals surface area contributed by atoms with Gasteiger partial charge < -0.3 is 16.0 Å². The summed E-state index contributed by atoms with van der Waals surface area (Å²) in [6.45, 7) is 1.88. The molecule has 0 unspecified atom stereocenters. The molecule has 17 heavy (non-hydrogen) atoms. The number of hydrogen-bond donors (Lipinski definition) is 2. The van der Waals surface area contributed by atoms with Crippen molar-refractivity contribution in [3.05, 3.63) is 11.6 Å². The number of nitrogen functional groups attached to an aromatic ring is 2. The van der Waals surface area contributed by atoms with Crippen molar-refractivity contribution in [2.45, 2.75) is 17.8 Å². The van der Waals surface area contributed by atoms with Gasteiger partial charge in [-0.15, -0.1) is 10.2 Å². The van der Waals surface area contributed by atoms with Crippen molar-refractivity contribution in [2.24, 2.45) is 7.05 Å². The summed E-state index contributed by atoms with van der Waals surface area (Å²) in [6.07, 6.45) is 0. The summed E-state index contributed by atoms with van der Waals surface area (Å²) in [5, 5.41) is 8.76. The second kappa shape index (κ2) is 4.53. The highest BCUT2D eigenvalue weighted by Crippen LogP contribution is 2.19. The number of anilines is 2. The summed E-state index contributed by atoms with van der Waals surface area (Å²) < 4.78 is 1.89. The Kier molecular flexibility index (Phi) is 3.09. The lowest BCUT2D eigenvalue weighted by atomic mass is 10.7. The van der Waals surface area contributed by atoms with E-state index < -0.39 is 0 Å². The molecule has 0 fully saturated rings. The van der Waals surface area contributed by atoms with Crippen LogP contribution in [0.3, 0.4) is 0 Å². The first kappa shape index (κ1) is 11.6. The SMILES string of the molecule is Cc1nnc(SCc2nc(N)nc(N)n2)n1C. The molecule has 90 valence electrons.